The van der Waals surface area contributed by atoms with Gasteiger partial charge in [0.1, 0.15) is 33.7 Å². The molecule has 2 heterocycles. The number of aliphatic hydroxyl groups excluding tert-OH is 1. The van der Waals surface area contributed by atoms with Gasteiger partial charge in [0.05, 0.1) is 31.9 Å². The molecule has 9 nitrogen and oxygen atoms in total. The topological polar surface area (TPSA) is 101 Å². The minimum atomic E-state index is -0.731. The van der Waals surface area contributed by atoms with E-state index in [1.807, 2.05) is 108 Å². The number of carbonyl (C=O) groups excluding carboxylic acids is 2. The van der Waals surface area contributed by atoms with E-state index >= 15 is 0 Å². The monoisotopic (exact) mass is 636 g/mol. The van der Waals surface area contributed by atoms with Crippen molar-refractivity contribution in [2.24, 2.45) is 0 Å². The van der Waals surface area contributed by atoms with Gasteiger partial charge in [-0.15, -0.1) is 0 Å². The third kappa shape index (κ3) is 5.54. The molecule has 47 heavy (non-hydrogen) atoms. The van der Waals surface area contributed by atoms with Crippen molar-refractivity contribution in [2.45, 2.75) is 65.8 Å². The first kappa shape index (κ1) is 31.9. The number of rotatable bonds is 5. The van der Waals surface area contributed by atoms with Crippen molar-refractivity contribution >= 4 is 55.8 Å². The maximum absolute atomic E-state index is 13.7. The molecule has 0 fully saturated rings. The van der Waals surface area contributed by atoms with Gasteiger partial charge in [-0.3, -0.25) is 0 Å². The zero-order valence-electron chi connectivity index (χ0n) is 28.1. The SMILES string of the molecule is COc1c(Cc2c(CO)cc3c4ccccc4n(C(=O)OC(C)(C)C)c3c2OC)ccc2c3ccccc3n(C(=O)OC(C)(C)C)c12. The van der Waals surface area contributed by atoms with Crippen molar-refractivity contribution in [1.82, 2.24) is 9.13 Å². The Morgan fingerprint density at radius 3 is 1.62 bits per heavy atom. The molecule has 2 aromatic heterocycles. The lowest BCUT2D eigenvalue weighted by atomic mass is 9.95. The molecule has 0 spiro atoms. The van der Waals surface area contributed by atoms with Gasteiger partial charge in [-0.1, -0.05) is 48.5 Å². The first-order valence-corrected chi connectivity index (χ1v) is 15.6. The van der Waals surface area contributed by atoms with E-state index < -0.39 is 23.4 Å². The summed E-state index contributed by atoms with van der Waals surface area (Å²) < 4.78 is 27.0. The minimum Gasteiger partial charge on any atom is -0.494 e. The van der Waals surface area contributed by atoms with Gasteiger partial charge in [-0.25, -0.2) is 18.7 Å². The first-order chi connectivity index (χ1) is 22.3. The number of hydrogen-bond acceptors (Lipinski definition) is 7. The van der Waals surface area contributed by atoms with Crippen LogP contribution in [0, 0.1) is 0 Å². The molecule has 244 valence electrons. The van der Waals surface area contributed by atoms with Crippen LogP contribution in [0.3, 0.4) is 0 Å². The van der Waals surface area contributed by atoms with E-state index in [-0.39, 0.29) is 13.0 Å². The van der Waals surface area contributed by atoms with Crippen LogP contribution in [-0.4, -0.2) is 51.8 Å². The normalized spacial score (nSPS) is 12.3. The van der Waals surface area contributed by atoms with Crippen molar-refractivity contribution in [3.8, 4) is 11.5 Å². The Morgan fingerprint density at radius 2 is 1.13 bits per heavy atom. The largest absolute Gasteiger partial charge is 0.494 e. The van der Waals surface area contributed by atoms with Gasteiger partial charge in [0.15, 0.2) is 0 Å². The van der Waals surface area contributed by atoms with Crippen LogP contribution in [-0.2, 0) is 22.5 Å². The van der Waals surface area contributed by atoms with Crippen molar-refractivity contribution < 1.29 is 33.6 Å². The maximum atomic E-state index is 13.7. The summed E-state index contributed by atoms with van der Waals surface area (Å²) in [5.41, 5.74) is 3.09. The van der Waals surface area contributed by atoms with Crippen LogP contribution in [0.1, 0.15) is 58.2 Å². The smallest absolute Gasteiger partial charge is 0.419 e. The van der Waals surface area contributed by atoms with E-state index in [1.165, 1.54) is 0 Å². The van der Waals surface area contributed by atoms with E-state index in [9.17, 15) is 14.7 Å². The summed E-state index contributed by atoms with van der Waals surface area (Å²) in [6.45, 7) is 10.7. The third-order valence-electron chi connectivity index (χ3n) is 8.08. The number of para-hydroxylation sites is 2. The summed E-state index contributed by atoms with van der Waals surface area (Å²) in [5, 5.41) is 14.0. The van der Waals surface area contributed by atoms with Crippen LogP contribution in [0.4, 0.5) is 9.59 Å². The van der Waals surface area contributed by atoms with Crippen molar-refractivity contribution in [3.63, 3.8) is 0 Å². The average Bonchev–Trinajstić information content (AvgIpc) is 3.52. The Morgan fingerprint density at radius 1 is 0.638 bits per heavy atom. The number of fused-ring (bicyclic) bond motifs is 6. The van der Waals surface area contributed by atoms with Crippen LogP contribution < -0.4 is 9.47 Å². The Bertz CT molecular complexity index is 2190. The lowest BCUT2D eigenvalue weighted by Gasteiger charge is -2.22. The van der Waals surface area contributed by atoms with Gasteiger partial charge in [0.2, 0.25) is 0 Å². The van der Waals surface area contributed by atoms with Gasteiger partial charge in [-0.05, 0) is 65.3 Å². The van der Waals surface area contributed by atoms with Gasteiger partial charge >= 0.3 is 12.2 Å². The first-order valence-electron chi connectivity index (χ1n) is 15.6. The summed E-state index contributed by atoms with van der Waals surface area (Å²) in [5.74, 6) is 0.923. The van der Waals surface area contributed by atoms with Crippen LogP contribution in [0.15, 0.2) is 66.7 Å². The summed E-state index contributed by atoms with van der Waals surface area (Å²) in [7, 11) is 3.13. The fraction of sp³-hybridized carbons (Fsp3) is 0.316. The summed E-state index contributed by atoms with van der Waals surface area (Å²) in [6, 6.07) is 21.1. The Hall–Kier alpha value is -5.02. The molecular formula is C38H40N2O7. The molecule has 9 heteroatoms. The van der Waals surface area contributed by atoms with E-state index in [2.05, 4.69) is 0 Å². The zero-order valence-corrected chi connectivity index (χ0v) is 28.1. The Balaban J connectivity index is 1.63. The molecule has 0 aliphatic carbocycles. The number of nitrogens with zero attached hydrogens (tertiary/aromatic N) is 2. The molecule has 0 atom stereocenters. The third-order valence-corrected chi connectivity index (χ3v) is 8.08. The lowest BCUT2D eigenvalue weighted by molar-refractivity contribution is 0.0539. The second-order valence-electron chi connectivity index (χ2n) is 13.6. The van der Waals surface area contributed by atoms with E-state index in [1.54, 1.807) is 23.4 Å². The molecule has 0 amide bonds. The highest BCUT2D eigenvalue weighted by atomic mass is 16.6. The molecule has 1 N–H and O–H groups in total. The van der Waals surface area contributed by atoms with Crippen LogP contribution in [0.5, 0.6) is 11.5 Å². The van der Waals surface area contributed by atoms with Gasteiger partial charge in [-0.2, -0.15) is 0 Å². The van der Waals surface area contributed by atoms with E-state index in [0.717, 1.165) is 27.1 Å². The number of carbonyl (C=O) groups is 2. The van der Waals surface area contributed by atoms with Crippen molar-refractivity contribution in [1.29, 1.82) is 0 Å². The molecule has 4 aromatic carbocycles. The lowest BCUT2D eigenvalue weighted by Crippen LogP contribution is -2.27. The molecule has 0 radical (unpaired) electrons. The highest BCUT2D eigenvalue weighted by molar-refractivity contribution is 6.16. The second-order valence-corrected chi connectivity index (χ2v) is 13.6. The minimum absolute atomic E-state index is 0.264. The van der Waals surface area contributed by atoms with E-state index in [4.69, 9.17) is 18.9 Å². The Kier molecular flexibility index (Phi) is 7.92. The molecule has 0 saturated carbocycles. The van der Waals surface area contributed by atoms with Gasteiger partial charge in [0, 0.05) is 39.1 Å². The molecule has 0 unspecified atom stereocenters. The van der Waals surface area contributed by atoms with Gasteiger partial charge in [0.25, 0.3) is 0 Å². The van der Waals surface area contributed by atoms with Crippen molar-refractivity contribution in [3.05, 3.63) is 83.4 Å². The number of benzene rings is 4. The highest BCUT2D eigenvalue weighted by Gasteiger charge is 2.29. The maximum Gasteiger partial charge on any atom is 0.419 e. The summed E-state index contributed by atoms with van der Waals surface area (Å²) in [4.78, 5) is 27.4. The standard InChI is InChI=1S/C38H40N2O7/c1-37(2,3)46-35(42)39-29-15-11-9-13-24(29)26-18-17-22(33(44-7)31(26)39)19-27-23(21-41)20-28-25-14-10-12-16-30(25)40(32(28)34(27)45-8)36(43)47-38(4,5)6/h9-18,20,41H,19,21H2,1-8H3. The molecular weight excluding hydrogens is 596 g/mol. The molecule has 0 aliphatic rings. The van der Waals surface area contributed by atoms with Crippen LogP contribution >= 0.6 is 0 Å². The quantitative estimate of drug-likeness (QED) is 0.202. The zero-order chi connectivity index (χ0) is 33.8. The van der Waals surface area contributed by atoms with E-state index in [0.29, 0.717) is 44.7 Å². The fourth-order valence-corrected chi connectivity index (χ4v) is 6.36. The van der Waals surface area contributed by atoms with Crippen LogP contribution in [0.2, 0.25) is 0 Å². The molecule has 6 aromatic rings. The number of aliphatic hydroxyl groups is 1. The van der Waals surface area contributed by atoms with Crippen LogP contribution in [0.25, 0.3) is 43.6 Å². The molecule has 6 rings (SSSR count). The summed E-state index contributed by atoms with van der Waals surface area (Å²) >= 11 is 0. The molecule has 0 saturated heterocycles. The highest BCUT2D eigenvalue weighted by Crippen LogP contribution is 2.43. The second kappa shape index (κ2) is 11.7. The molecule has 0 aliphatic heterocycles. The van der Waals surface area contributed by atoms with Gasteiger partial charge < -0.3 is 24.1 Å². The predicted octanol–water partition coefficient (Wildman–Crippen LogP) is 8.57. The number of ether oxygens (including phenoxy) is 4. The number of hydrogen-bond donors (Lipinski definition) is 1. The fourth-order valence-electron chi connectivity index (χ4n) is 6.36. The van der Waals surface area contributed by atoms with Crippen molar-refractivity contribution in [2.75, 3.05) is 14.2 Å². The Labute approximate surface area is 273 Å². The summed E-state index contributed by atoms with van der Waals surface area (Å²) in [6.07, 6.45) is -0.790. The predicted molar refractivity (Wildman–Crippen MR) is 184 cm³/mol. The number of aromatic nitrogens is 2. The number of methoxy groups -OCH3 is 2. The average molecular weight is 637 g/mol. The molecule has 0 bridgehead atoms.